The first kappa shape index (κ1) is 24.5. The molecule has 4 aromatic rings. The van der Waals surface area contributed by atoms with E-state index in [4.69, 9.17) is 10.1 Å². The van der Waals surface area contributed by atoms with Crippen molar-refractivity contribution in [1.29, 1.82) is 5.41 Å². The maximum Gasteiger partial charge on any atom is 0.337 e. The van der Waals surface area contributed by atoms with Crippen LogP contribution in [0.25, 0.3) is 16.6 Å². The molecule has 9 heteroatoms. The molecule has 0 unspecified atom stereocenters. The average Bonchev–Trinajstić information content (AvgIpc) is 2.91. The molecule has 0 amide bonds. The monoisotopic (exact) mass is 481 g/mol. The second kappa shape index (κ2) is 11.2. The third kappa shape index (κ3) is 5.87. The lowest BCUT2D eigenvalue weighted by molar-refractivity contribution is 0.0600. The average molecular weight is 482 g/mol. The molecular weight excluding hydrogens is 454 g/mol. The highest BCUT2D eigenvalue weighted by Gasteiger charge is 2.08. The number of pyridine rings is 2. The normalized spacial score (nSPS) is 11.4. The van der Waals surface area contributed by atoms with Gasteiger partial charge in [-0.3, -0.25) is 4.98 Å². The van der Waals surface area contributed by atoms with Gasteiger partial charge in [0.25, 0.3) is 0 Å². The lowest BCUT2D eigenvalue weighted by Crippen LogP contribution is -2.07. The summed E-state index contributed by atoms with van der Waals surface area (Å²) in [5.74, 6) is 1.23. The Morgan fingerprint density at radius 1 is 1.03 bits per heavy atom. The van der Waals surface area contributed by atoms with E-state index in [1.54, 1.807) is 30.7 Å². The van der Waals surface area contributed by atoms with Crippen molar-refractivity contribution in [2.24, 2.45) is 0 Å². The molecule has 1 aromatic carbocycles. The van der Waals surface area contributed by atoms with Crippen LogP contribution in [0.15, 0.2) is 67.1 Å². The van der Waals surface area contributed by atoms with Crippen molar-refractivity contribution in [3.8, 4) is 0 Å². The number of benzene rings is 1. The molecule has 0 radical (unpaired) electrons. The van der Waals surface area contributed by atoms with Crippen LogP contribution in [-0.2, 0) is 11.3 Å². The summed E-state index contributed by atoms with van der Waals surface area (Å²) < 4.78 is 4.72. The molecule has 36 heavy (non-hydrogen) atoms. The lowest BCUT2D eigenvalue weighted by atomic mass is 10.1. The van der Waals surface area contributed by atoms with Gasteiger partial charge in [0.1, 0.15) is 5.82 Å². The Hall–Kier alpha value is -4.66. The number of carbonyl (C=O) groups excluding carboxylic acids is 1. The van der Waals surface area contributed by atoms with Gasteiger partial charge in [-0.2, -0.15) is 5.10 Å². The summed E-state index contributed by atoms with van der Waals surface area (Å²) in [6.45, 7) is 4.74. The second-order valence-corrected chi connectivity index (χ2v) is 8.43. The standard InChI is InChI=1S/C27H27N7O2/c1-17(2)20-11-26(34-31-16-20)33-25-9-8-23-24(32-25)10-21(15-30-23)22(12-28)14-29-13-18-4-6-19(7-5-18)27(35)36-3/h4-12,14-17,28-29H,13H2,1-3H3,(H,32,33,34)/b22-14+,28-12?. The Balaban J connectivity index is 1.49. The summed E-state index contributed by atoms with van der Waals surface area (Å²) >= 11 is 0. The predicted octanol–water partition coefficient (Wildman–Crippen LogP) is 4.85. The molecule has 182 valence electrons. The largest absolute Gasteiger partial charge is 0.465 e. The second-order valence-electron chi connectivity index (χ2n) is 8.43. The van der Waals surface area contributed by atoms with Gasteiger partial charge >= 0.3 is 5.97 Å². The summed E-state index contributed by atoms with van der Waals surface area (Å²) in [7, 11) is 1.36. The summed E-state index contributed by atoms with van der Waals surface area (Å²) in [4.78, 5) is 20.8. The van der Waals surface area contributed by atoms with Gasteiger partial charge in [-0.25, -0.2) is 9.78 Å². The summed E-state index contributed by atoms with van der Waals surface area (Å²) in [5, 5.41) is 22.5. The number of nitrogens with one attached hydrogen (secondary N) is 3. The highest BCUT2D eigenvalue weighted by atomic mass is 16.5. The minimum Gasteiger partial charge on any atom is -0.465 e. The van der Waals surface area contributed by atoms with E-state index in [1.807, 2.05) is 36.4 Å². The van der Waals surface area contributed by atoms with Crippen molar-refractivity contribution >= 4 is 40.4 Å². The molecule has 0 aliphatic heterocycles. The van der Waals surface area contributed by atoms with E-state index in [2.05, 4.69) is 44.6 Å². The zero-order chi connectivity index (χ0) is 25.5. The van der Waals surface area contributed by atoms with Crippen LogP contribution in [0.5, 0.6) is 0 Å². The fourth-order valence-corrected chi connectivity index (χ4v) is 3.49. The van der Waals surface area contributed by atoms with Crippen LogP contribution >= 0.6 is 0 Å². The van der Waals surface area contributed by atoms with Crippen LogP contribution in [0.3, 0.4) is 0 Å². The number of methoxy groups -OCH3 is 1. The number of hydrogen-bond donors (Lipinski definition) is 3. The first-order valence-electron chi connectivity index (χ1n) is 11.4. The smallest absolute Gasteiger partial charge is 0.337 e. The zero-order valence-corrected chi connectivity index (χ0v) is 20.3. The number of anilines is 2. The number of hydrogen-bond acceptors (Lipinski definition) is 9. The molecule has 0 saturated heterocycles. The van der Waals surface area contributed by atoms with E-state index >= 15 is 0 Å². The molecule has 3 aromatic heterocycles. The maximum atomic E-state index is 11.6. The van der Waals surface area contributed by atoms with E-state index in [-0.39, 0.29) is 5.97 Å². The van der Waals surface area contributed by atoms with Crippen LogP contribution in [0, 0.1) is 5.41 Å². The number of rotatable bonds is 9. The molecule has 0 fully saturated rings. The van der Waals surface area contributed by atoms with Crippen LogP contribution in [0.4, 0.5) is 11.6 Å². The van der Waals surface area contributed by atoms with Gasteiger partial charge in [0.05, 0.1) is 29.9 Å². The van der Waals surface area contributed by atoms with Gasteiger partial charge in [-0.1, -0.05) is 26.0 Å². The van der Waals surface area contributed by atoms with Crippen LogP contribution in [0.1, 0.15) is 46.8 Å². The minimum atomic E-state index is -0.367. The van der Waals surface area contributed by atoms with Crippen molar-refractivity contribution in [3.63, 3.8) is 0 Å². The number of aromatic nitrogens is 4. The van der Waals surface area contributed by atoms with Gasteiger partial charge in [0.15, 0.2) is 5.82 Å². The molecule has 0 aliphatic rings. The maximum absolute atomic E-state index is 11.6. The third-order valence-electron chi connectivity index (χ3n) is 5.56. The first-order chi connectivity index (χ1) is 17.5. The van der Waals surface area contributed by atoms with Gasteiger partial charge in [-0.05, 0) is 53.4 Å². The van der Waals surface area contributed by atoms with Crippen molar-refractivity contribution in [3.05, 3.63) is 89.4 Å². The summed E-state index contributed by atoms with van der Waals surface area (Å²) in [6, 6.07) is 14.7. The summed E-state index contributed by atoms with van der Waals surface area (Å²) in [5.41, 5.74) is 5.43. The molecule has 0 spiro atoms. The van der Waals surface area contributed by atoms with Crippen LogP contribution < -0.4 is 10.6 Å². The third-order valence-corrected chi connectivity index (χ3v) is 5.56. The Morgan fingerprint density at radius 2 is 1.83 bits per heavy atom. The van der Waals surface area contributed by atoms with Crippen LogP contribution in [0.2, 0.25) is 0 Å². The fraction of sp³-hybridized carbons (Fsp3) is 0.185. The van der Waals surface area contributed by atoms with Gasteiger partial charge < -0.3 is 20.8 Å². The molecule has 0 saturated carbocycles. The Labute approximate surface area is 209 Å². The molecule has 0 bridgehead atoms. The van der Waals surface area contributed by atoms with E-state index in [1.165, 1.54) is 13.3 Å². The Bertz CT molecular complexity index is 1420. The van der Waals surface area contributed by atoms with Crippen molar-refractivity contribution in [1.82, 2.24) is 25.5 Å². The molecular formula is C27H27N7O2. The first-order valence-corrected chi connectivity index (χ1v) is 11.4. The van der Waals surface area contributed by atoms with Crippen molar-refractivity contribution in [2.45, 2.75) is 26.3 Å². The number of esters is 1. The molecule has 3 N–H and O–H groups in total. The molecule has 9 nitrogen and oxygen atoms in total. The topological polar surface area (TPSA) is 126 Å². The number of carbonyl (C=O) groups is 1. The lowest BCUT2D eigenvalue weighted by Gasteiger charge is -2.09. The van der Waals surface area contributed by atoms with E-state index in [0.717, 1.165) is 22.2 Å². The quantitative estimate of drug-likeness (QED) is 0.229. The summed E-state index contributed by atoms with van der Waals surface area (Å²) in [6.07, 6.45) is 6.51. The Kier molecular flexibility index (Phi) is 7.60. The fourth-order valence-electron chi connectivity index (χ4n) is 3.49. The number of nitrogens with zero attached hydrogens (tertiary/aromatic N) is 4. The Morgan fingerprint density at radius 3 is 2.56 bits per heavy atom. The number of fused-ring (bicyclic) bond motifs is 1. The van der Waals surface area contributed by atoms with E-state index < -0.39 is 0 Å². The highest BCUT2D eigenvalue weighted by Crippen LogP contribution is 2.21. The van der Waals surface area contributed by atoms with Gasteiger partial charge in [-0.15, -0.1) is 5.10 Å². The van der Waals surface area contributed by atoms with Crippen molar-refractivity contribution < 1.29 is 9.53 Å². The zero-order valence-electron chi connectivity index (χ0n) is 20.3. The van der Waals surface area contributed by atoms with Crippen LogP contribution in [-0.4, -0.2) is 39.5 Å². The molecule has 0 atom stereocenters. The molecule has 0 aliphatic carbocycles. The van der Waals surface area contributed by atoms with Crippen molar-refractivity contribution in [2.75, 3.05) is 12.4 Å². The van der Waals surface area contributed by atoms with Gasteiger partial charge in [0.2, 0.25) is 0 Å². The number of ether oxygens (including phenoxy) is 1. The number of allylic oxidation sites excluding steroid dienone is 1. The molecule has 3 heterocycles. The molecule has 4 rings (SSSR count). The highest BCUT2D eigenvalue weighted by molar-refractivity contribution is 6.08. The van der Waals surface area contributed by atoms with Gasteiger partial charge in [0, 0.05) is 36.3 Å². The van der Waals surface area contributed by atoms with E-state index in [0.29, 0.717) is 40.8 Å². The SMILES string of the molecule is COC(=O)c1ccc(CN/C=C(\C=N)c2cnc3ccc(Nc4cc(C(C)C)cnn4)nc3c2)cc1. The minimum absolute atomic E-state index is 0.344. The van der Waals surface area contributed by atoms with E-state index in [9.17, 15) is 4.79 Å². The predicted molar refractivity (Wildman–Crippen MR) is 140 cm³/mol.